The molecular formula is C26H20N2O5S2. The number of methoxy groups -OCH3 is 2. The number of nitrogens with zero attached hydrogens (tertiary/aromatic N) is 2. The first-order valence-electron chi connectivity index (χ1n) is 10.6. The fourth-order valence-corrected chi connectivity index (χ4v) is 5.59. The average Bonchev–Trinajstić information content (AvgIpc) is 3.57. The molecule has 0 spiro atoms. The molecule has 0 N–H and O–H groups in total. The smallest absolute Gasteiger partial charge is 0.268 e. The van der Waals surface area contributed by atoms with E-state index in [1.54, 1.807) is 42.2 Å². The summed E-state index contributed by atoms with van der Waals surface area (Å²) in [6.07, 6.45) is 1.58. The molecule has 3 aromatic heterocycles. The number of carbonyl (C=O) groups is 1. The van der Waals surface area contributed by atoms with Gasteiger partial charge in [0.05, 0.1) is 37.3 Å². The summed E-state index contributed by atoms with van der Waals surface area (Å²) in [5, 5.41) is 2.80. The molecule has 0 bridgehead atoms. The van der Waals surface area contributed by atoms with E-state index in [0.29, 0.717) is 49.4 Å². The van der Waals surface area contributed by atoms with Gasteiger partial charge in [0.1, 0.15) is 10.6 Å². The number of fused-ring (bicyclic) bond motifs is 1. The zero-order chi connectivity index (χ0) is 24.4. The first kappa shape index (κ1) is 22.9. The third-order valence-corrected chi connectivity index (χ3v) is 7.23. The van der Waals surface area contributed by atoms with Gasteiger partial charge >= 0.3 is 0 Å². The van der Waals surface area contributed by atoms with E-state index in [0.717, 1.165) is 0 Å². The van der Waals surface area contributed by atoms with Crippen LogP contribution in [0.4, 0.5) is 0 Å². The van der Waals surface area contributed by atoms with E-state index < -0.39 is 0 Å². The highest BCUT2D eigenvalue weighted by Gasteiger charge is 2.21. The number of rotatable bonds is 8. The van der Waals surface area contributed by atoms with Crippen LogP contribution in [0.3, 0.4) is 0 Å². The number of benzene rings is 2. The highest BCUT2D eigenvalue weighted by atomic mass is 32.2. The van der Waals surface area contributed by atoms with Gasteiger partial charge in [-0.05, 0) is 42.5 Å². The van der Waals surface area contributed by atoms with Crippen LogP contribution in [-0.2, 0) is 0 Å². The van der Waals surface area contributed by atoms with Crippen molar-refractivity contribution in [2.45, 2.75) is 5.16 Å². The summed E-state index contributed by atoms with van der Waals surface area (Å²) < 4.78 is 17.7. The number of ether oxygens (including phenoxy) is 2. The monoisotopic (exact) mass is 504 g/mol. The van der Waals surface area contributed by atoms with Gasteiger partial charge in [-0.15, -0.1) is 11.3 Å². The van der Waals surface area contributed by atoms with Crippen molar-refractivity contribution in [3.63, 3.8) is 0 Å². The number of ketones is 1. The van der Waals surface area contributed by atoms with Crippen molar-refractivity contribution in [1.82, 2.24) is 9.55 Å². The lowest BCUT2D eigenvalue weighted by Crippen LogP contribution is -2.22. The number of Topliss-reactive ketones (excluding diaryl/α,β-unsaturated/α-hetero) is 1. The molecule has 0 unspecified atom stereocenters. The third kappa shape index (κ3) is 4.36. The molecule has 0 aliphatic heterocycles. The zero-order valence-electron chi connectivity index (χ0n) is 18.9. The molecule has 0 amide bonds. The van der Waals surface area contributed by atoms with Crippen LogP contribution in [-0.4, -0.2) is 35.3 Å². The standard InChI is InChI=1S/C26H20N2O5S2/c1-31-21-11-10-16(13-22(21)32-2)19(29)15-35-26-27-24-23(18(14-34-24)20-9-6-12-33-20)25(30)28(26)17-7-4-3-5-8-17/h3-14H,15H2,1-2H3. The summed E-state index contributed by atoms with van der Waals surface area (Å²) in [6.45, 7) is 0. The molecule has 0 aliphatic rings. The van der Waals surface area contributed by atoms with Crippen LogP contribution in [0.25, 0.3) is 27.2 Å². The molecule has 3 heterocycles. The topological polar surface area (TPSA) is 83.6 Å². The van der Waals surface area contributed by atoms with Crippen molar-refractivity contribution in [2.75, 3.05) is 20.0 Å². The van der Waals surface area contributed by atoms with Crippen LogP contribution < -0.4 is 15.0 Å². The highest BCUT2D eigenvalue weighted by molar-refractivity contribution is 7.99. The molecule has 0 radical (unpaired) electrons. The average molecular weight is 505 g/mol. The minimum atomic E-state index is -0.213. The molecule has 5 aromatic rings. The molecular weight excluding hydrogens is 484 g/mol. The quantitative estimate of drug-likeness (QED) is 0.152. The summed E-state index contributed by atoms with van der Waals surface area (Å²) in [5.74, 6) is 1.61. The largest absolute Gasteiger partial charge is 0.493 e. The number of carbonyl (C=O) groups excluding carboxylic acids is 1. The molecule has 176 valence electrons. The molecule has 0 saturated carbocycles. The van der Waals surface area contributed by atoms with Gasteiger partial charge in [-0.3, -0.25) is 14.2 Å². The van der Waals surface area contributed by atoms with Gasteiger partial charge in [0.25, 0.3) is 5.56 Å². The number of thiophene rings is 1. The van der Waals surface area contributed by atoms with E-state index in [2.05, 4.69) is 0 Å². The van der Waals surface area contributed by atoms with Gasteiger partial charge in [-0.25, -0.2) is 4.98 Å². The first-order valence-corrected chi connectivity index (χ1v) is 12.5. The van der Waals surface area contributed by atoms with Crippen LogP contribution >= 0.6 is 23.1 Å². The zero-order valence-corrected chi connectivity index (χ0v) is 20.5. The van der Waals surface area contributed by atoms with Crippen molar-refractivity contribution in [3.8, 4) is 28.5 Å². The van der Waals surface area contributed by atoms with Crippen molar-refractivity contribution < 1.29 is 18.7 Å². The molecule has 0 fully saturated rings. The Morgan fingerprint density at radius 2 is 1.86 bits per heavy atom. The Labute approximate surface area is 209 Å². The summed E-state index contributed by atoms with van der Waals surface area (Å²) >= 11 is 2.59. The lowest BCUT2D eigenvalue weighted by atomic mass is 10.1. The summed E-state index contributed by atoms with van der Waals surface area (Å²) in [7, 11) is 3.07. The van der Waals surface area contributed by atoms with E-state index in [-0.39, 0.29) is 17.1 Å². The number of para-hydroxylation sites is 1. The predicted octanol–water partition coefficient (Wildman–Crippen LogP) is 5.70. The molecule has 35 heavy (non-hydrogen) atoms. The Hall–Kier alpha value is -3.82. The number of thioether (sulfide) groups is 1. The summed E-state index contributed by atoms with van der Waals surface area (Å²) in [6, 6.07) is 17.9. The lowest BCUT2D eigenvalue weighted by Gasteiger charge is -2.12. The van der Waals surface area contributed by atoms with Gasteiger partial charge in [0, 0.05) is 16.5 Å². The second-order valence-corrected chi connectivity index (χ2v) is 9.26. The van der Waals surface area contributed by atoms with E-state index in [1.165, 1.54) is 30.2 Å². The predicted molar refractivity (Wildman–Crippen MR) is 138 cm³/mol. The highest BCUT2D eigenvalue weighted by Crippen LogP contribution is 2.34. The second-order valence-electron chi connectivity index (χ2n) is 7.46. The second kappa shape index (κ2) is 9.81. The first-order chi connectivity index (χ1) is 17.1. The normalized spacial score (nSPS) is 11.0. The molecule has 0 aliphatic carbocycles. The van der Waals surface area contributed by atoms with Crippen molar-refractivity contribution in [1.29, 1.82) is 0 Å². The van der Waals surface area contributed by atoms with Crippen LogP contribution in [0.5, 0.6) is 11.5 Å². The van der Waals surface area contributed by atoms with E-state index in [4.69, 9.17) is 18.9 Å². The maximum absolute atomic E-state index is 13.8. The molecule has 0 atom stereocenters. The van der Waals surface area contributed by atoms with E-state index in [9.17, 15) is 9.59 Å². The molecule has 5 rings (SSSR count). The van der Waals surface area contributed by atoms with E-state index in [1.807, 2.05) is 41.8 Å². The molecule has 0 saturated heterocycles. The minimum Gasteiger partial charge on any atom is -0.493 e. The maximum Gasteiger partial charge on any atom is 0.268 e. The molecule has 9 heteroatoms. The number of hydrogen-bond acceptors (Lipinski definition) is 8. The van der Waals surface area contributed by atoms with Crippen molar-refractivity contribution >= 4 is 39.1 Å². The van der Waals surface area contributed by atoms with Gasteiger partial charge in [0.2, 0.25) is 0 Å². The van der Waals surface area contributed by atoms with E-state index >= 15 is 0 Å². The Morgan fingerprint density at radius 1 is 1.06 bits per heavy atom. The van der Waals surface area contributed by atoms with Gasteiger partial charge in [-0.2, -0.15) is 0 Å². The Morgan fingerprint density at radius 3 is 2.57 bits per heavy atom. The van der Waals surface area contributed by atoms with Crippen LogP contribution in [0.1, 0.15) is 10.4 Å². The SMILES string of the molecule is COc1ccc(C(=O)CSc2nc3scc(-c4ccco4)c3c(=O)n2-c2ccccc2)cc1OC. The number of aromatic nitrogens is 2. The number of furan rings is 1. The maximum atomic E-state index is 13.8. The fourth-order valence-electron chi connectivity index (χ4n) is 3.71. The lowest BCUT2D eigenvalue weighted by molar-refractivity contribution is 0.102. The fraction of sp³-hybridized carbons (Fsp3) is 0.115. The van der Waals surface area contributed by atoms with Crippen LogP contribution in [0.2, 0.25) is 0 Å². The molecule has 7 nitrogen and oxygen atoms in total. The summed E-state index contributed by atoms with van der Waals surface area (Å²) in [4.78, 5) is 32.1. The molecule has 2 aromatic carbocycles. The van der Waals surface area contributed by atoms with Crippen molar-refractivity contribution in [3.05, 3.63) is 88.2 Å². The van der Waals surface area contributed by atoms with Gasteiger partial charge in [0.15, 0.2) is 22.4 Å². The van der Waals surface area contributed by atoms with Crippen LogP contribution in [0, 0.1) is 0 Å². The Kier molecular flexibility index (Phi) is 6.43. The summed E-state index contributed by atoms with van der Waals surface area (Å²) in [5.41, 5.74) is 1.65. The Bertz CT molecular complexity index is 1560. The minimum absolute atomic E-state index is 0.0939. The van der Waals surface area contributed by atoms with Gasteiger partial charge < -0.3 is 13.9 Å². The van der Waals surface area contributed by atoms with Gasteiger partial charge in [-0.1, -0.05) is 30.0 Å². The Balaban J connectivity index is 1.55. The third-order valence-electron chi connectivity index (χ3n) is 5.42. The van der Waals surface area contributed by atoms with Crippen molar-refractivity contribution in [2.24, 2.45) is 0 Å². The van der Waals surface area contributed by atoms with Crippen LogP contribution in [0.15, 0.2) is 86.7 Å². The number of hydrogen-bond donors (Lipinski definition) is 0.